The number of ether oxygens (including phenoxy) is 5. The summed E-state index contributed by atoms with van der Waals surface area (Å²) < 4.78 is 78.5. The number of halogens is 4. The molecule has 1 heterocycles. The Bertz CT molecular complexity index is 1840. The molecule has 0 spiro atoms. The molecule has 1 unspecified atom stereocenters. The number of methoxy groups -OCH3 is 1. The number of esters is 2. The fourth-order valence-corrected chi connectivity index (χ4v) is 6.20. The number of hydrogen-bond donors (Lipinski definition) is 1. The molecule has 2 aromatic carbocycles. The van der Waals surface area contributed by atoms with Crippen LogP contribution < -0.4 is 24.2 Å². The van der Waals surface area contributed by atoms with Crippen LogP contribution in [0.2, 0.25) is 0 Å². The molecule has 1 amide bonds. The van der Waals surface area contributed by atoms with Gasteiger partial charge in [0.25, 0.3) is 0 Å². The van der Waals surface area contributed by atoms with Gasteiger partial charge < -0.3 is 29.4 Å². The SMILES string of the molecule is COc1ccc(C(=O)OCC(=O)OC(CC2=C(Cl)C[N+](=O)C=C2Cl)c2ccc(OC(F)F)c(OCC3CC3)c2)cc1N(CC(N)=O)S(C)(=O)=O. The van der Waals surface area contributed by atoms with Gasteiger partial charge in [-0.1, -0.05) is 29.3 Å². The smallest absolute Gasteiger partial charge is 0.387 e. The maximum Gasteiger partial charge on any atom is 0.387 e. The Morgan fingerprint density at radius 1 is 1.08 bits per heavy atom. The molecular weight excluding hydrogens is 731 g/mol. The molecule has 1 atom stereocenters. The predicted molar refractivity (Wildman–Crippen MR) is 175 cm³/mol. The number of anilines is 1. The minimum atomic E-state index is -4.07. The highest BCUT2D eigenvalue weighted by Crippen LogP contribution is 2.40. The lowest BCUT2D eigenvalue weighted by Gasteiger charge is -2.23. The van der Waals surface area contributed by atoms with Gasteiger partial charge in [0, 0.05) is 21.7 Å². The van der Waals surface area contributed by atoms with Crippen molar-refractivity contribution in [1.29, 1.82) is 0 Å². The van der Waals surface area contributed by atoms with Crippen LogP contribution >= 0.6 is 23.2 Å². The van der Waals surface area contributed by atoms with E-state index in [0.29, 0.717) is 9.07 Å². The number of benzene rings is 2. The number of allylic oxidation sites excluding steroid dienone is 1. The minimum Gasteiger partial charge on any atom is -0.495 e. The molecule has 2 aromatic rings. The van der Waals surface area contributed by atoms with Gasteiger partial charge >= 0.3 is 18.6 Å². The fraction of sp³-hybridized carbons (Fsp3) is 0.387. The van der Waals surface area contributed by atoms with E-state index in [1.54, 1.807) is 0 Å². The summed E-state index contributed by atoms with van der Waals surface area (Å²) in [7, 11) is -2.83. The van der Waals surface area contributed by atoms with Crippen molar-refractivity contribution in [2.75, 3.05) is 44.0 Å². The average Bonchev–Trinajstić information content (AvgIpc) is 3.86. The fourth-order valence-electron chi connectivity index (χ4n) is 4.69. The minimum absolute atomic E-state index is 0.00980. The number of sulfonamides is 1. The summed E-state index contributed by atoms with van der Waals surface area (Å²) in [6, 6.07) is 7.51. The second-order valence-electron chi connectivity index (χ2n) is 11.2. The topological polar surface area (TPSA) is 181 Å². The van der Waals surface area contributed by atoms with Crippen molar-refractivity contribution in [2.45, 2.75) is 32.0 Å². The van der Waals surface area contributed by atoms with E-state index >= 15 is 0 Å². The highest BCUT2D eigenvalue weighted by Gasteiger charge is 2.31. The van der Waals surface area contributed by atoms with Crippen molar-refractivity contribution in [2.24, 2.45) is 11.7 Å². The molecule has 2 N–H and O–H groups in total. The summed E-state index contributed by atoms with van der Waals surface area (Å²) in [5.74, 6) is -3.15. The van der Waals surface area contributed by atoms with E-state index in [1.165, 1.54) is 37.4 Å². The molecule has 2 aliphatic rings. The summed E-state index contributed by atoms with van der Waals surface area (Å²) in [5.41, 5.74) is 5.32. The Kier molecular flexibility index (Phi) is 12.6. The third-order valence-corrected chi connectivity index (χ3v) is 9.06. The summed E-state index contributed by atoms with van der Waals surface area (Å²) in [4.78, 5) is 49.5. The number of amides is 1. The van der Waals surface area contributed by atoms with Crippen molar-refractivity contribution in [3.63, 3.8) is 0 Å². The second kappa shape index (κ2) is 16.5. The van der Waals surface area contributed by atoms with Gasteiger partial charge in [-0.3, -0.25) is 9.10 Å². The molecule has 19 heteroatoms. The molecule has 0 bridgehead atoms. The first-order chi connectivity index (χ1) is 23.5. The van der Waals surface area contributed by atoms with Crippen LogP contribution in [0.25, 0.3) is 0 Å². The van der Waals surface area contributed by atoms with Crippen LogP contribution in [0.3, 0.4) is 0 Å². The van der Waals surface area contributed by atoms with Crippen LogP contribution in [0.4, 0.5) is 14.5 Å². The largest absolute Gasteiger partial charge is 0.495 e. The summed E-state index contributed by atoms with van der Waals surface area (Å²) in [6.07, 6.45) is 2.36. The standard InChI is InChI=1S/C31H31Cl2F2N3O11S/c1-45-24-7-6-19(9-23(24)38(14-28(36)39)50(2,43)44)30(41)47-16-29(40)48-26(11-20-21(32)12-37(42)13-22(20)33)18-5-8-25(49-31(34)35)27(10-18)46-15-17-3-4-17/h5-10,12,17,26,31H,3-4,11,13-16H2,1-2H3,(H-,36,39)/p+1. The van der Waals surface area contributed by atoms with Crippen molar-refractivity contribution in [1.82, 2.24) is 0 Å². The lowest BCUT2D eigenvalue weighted by molar-refractivity contribution is -0.470. The first-order valence-corrected chi connectivity index (χ1v) is 17.4. The highest BCUT2D eigenvalue weighted by atomic mass is 35.5. The quantitative estimate of drug-likeness (QED) is 0.177. The van der Waals surface area contributed by atoms with E-state index in [1.807, 2.05) is 0 Å². The summed E-state index contributed by atoms with van der Waals surface area (Å²) in [5, 5.41) is 0.0407. The van der Waals surface area contributed by atoms with E-state index in [4.69, 9.17) is 47.9 Å². The zero-order chi connectivity index (χ0) is 36.7. The lowest BCUT2D eigenvalue weighted by Crippen LogP contribution is -2.38. The van der Waals surface area contributed by atoms with Crippen LogP contribution in [0, 0.1) is 10.8 Å². The second-order valence-corrected chi connectivity index (χ2v) is 13.9. The number of carbonyl (C=O) groups excluding carboxylic acids is 3. The monoisotopic (exact) mass is 762 g/mol. The van der Waals surface area contributed by atoms with E-state index in [2.05, 4.69) is 4.74 Å². The van der Waals surface area contributed by atoms with E-state index in [-0.39, 0.29) is 75.2 Å². The molecule has 0 aromatic heterocycles. The van der Waals surface area contributed by atoms with E-state index in [9.17, 15) is 36.5 Å². The predicted octanol–water partition coefficient (Wildman–Crippen LogP) is 4.53. The number of alkyl halides is 2. The number of primary amides is 1. The van der Waals surface area contributed by atoms with Gasteiger partial charge in [-0.05, 0) is 54.7 Å². The molecule has 4 rings (SSSR count). The molecule has 1 saturated carbocycles. The Morgan fingerprint density at radius 2 is 1.78 bits per heavy atom. The number of carbonyl (C=O) groups is 3. The van der Waals surface area contributed by atoms with Gasteiger partial charge in [-0.15, -0.1) is 0 Å². The summed E-state index contributed by atoms with van der Waals surface area (Å²) in [6.45, 7) is -4.82. The molecule has 50 heavy (non-hydrogen) atoms. The molecule has 1 aliphatic carbocycles. The summed E-state index contributed by atoms with van der Waals surface area (Å²) >= 11 is 12.6. The van der Waals surface area contributed by atoms with Crippen molar-refractivity contribution < 1.29 is 60.0 Å². The Hall–Kier alpha value is -4.48. The average molecular weight is 764 g/mol. The maximum absolute atomic E-state index is 13.1. The molecule has 1 aliphatic heterocycles. The third-order valence-electron chi connectivity index (χ3n) is 7.26. The Morgan fingerprint density at radius 3 is 2.38 bits per heavy atom. The number of nitroso groups, excluding NO2 is 1. The van der Waals surface area contributed by atoms with Gasteiger partial charge in [0.1, 0.15) is 23.4 Å². The molecule has 1 fully saturated rings. The lowest BCUT2D eigenvalue weighted by atomic mass is 9.99. The Balaban J connectivity index is 1.57. The van der Waals surface area contributed by atoms with Crippen molar-refractivity contribution in [3.8, 4) is 17.2 Å². The molecule has 270 valence electrons. The van der Waals surface area contributed by atoms with Gasteiger partial charge in [-0.2, -0.15) is 8.78 Å². The van der Waals surface area contributed by atoms with Gasteiger partial charge in [0.2, 0.25) is 28.7 Å². The van der Waals surface area contributed by atoms with Crippen LogP contribution in [0.1, 0.15) is 41.3 Å². The zero-order valence-electron chi connectivity index (χ0n) is 26.6. The zero-order valence-corrected chi connectivity index (χ0v) is 28.9. The first-order valence-electron chi connectivity index (χ1n) is 14.8. The van der Waals surface area contributed by atoms with Crippen LogP contribution in [-0.2, 0) is 29.1 Å². The van der Waals surface area contributed by atoms with Crippen LogP contribution in [-0.4, -0.2) is 77.3 Å². The van der Waals surface area contributed by atoms with Gasteiger partial charge in [0.05, 0.1) is 36.3 Å². The third kappa shape index (κ3) is 10.5. The normalized spacial score (nSPS) is 15.3. The maximum atomic E-state index is 13.1. The van der Waals surface area contributed by atoms with Crippen molar-refractivity contribution in [3.05, 3.63) is 74.3 Å². The number of hydrogen-bond acceptors (Lipinski definition) is 11. The van der Waals surface area contributed by atoms with Crippen LogP contribution in [0.15, 0.2) is 58.2 Å². The number of nitrogens with zero attached hydrogens (tertiary/aromatic N) is 2. The van der Waals surface area contributed by atoms with Crippen molar-refractivity contribution >= 4 is 56.8 Å². The first kappa shape index (κ1) is 38.3. The van der Waals surface area contributed by atoms with E-state index in [0.717, 1.165) is 31.4 Å². The molecule has 0 saturated heterocycles. The highest BCUT2D eigenvalue weighted by molar-refractivity contribution is 7.92. The number of nitrogens with two attached hydrogens (primary N) is 1. The van der Waals surface area contributed by atoms with E-state index < -0.39 is 53.7 Å². The van der Waals surface area contributed by atoms with Crippen LogP contribution in [0.5, 0.6) is 17.2 Å². The van der Waals surface area contributed by atoms with Gasteiger partial charge in [-0.25, -0.2) is 18.0 Å². The Labute approximate surface area is 295 Å². The molecule has 0 radical (unpaired) electrons. The molecular formula is C31H32Cl2F2N3O11S+. The van der Waals surface area contributed by atoms with Gasteiger partial charge in [0.15, 0.2) is 18.1 Å². The number of rotatable bonds is 17. The molecule has 14 nitrogen and oxygen atoms in total.